The van der Waals surface area contributed by atoms with E-state index in [9.17, 15) is 9.59 Å². The molecule has 4 aliphatic rings. The fourth-order valence-corrected chi connectivity index (χ4v) is 6.39. The zero-order valence-corrected chi connectivity index (χ0v) is 17.6. The van der Waals surface area contributed by atoms with E-state index in [0.717, 1.165) is 23.3 Å². The van der Waals surface area contributed by atoms with Crippen LogP contribution in [0.15, 0.2) is 12.1 Å². The maximum absolute atomic E-state index is 12.6. The molecule has 0 spiro atoms. The second-order valence-corrected chi connectivity index (χ2v) is 9.64. The zero-order chi connectivity index (χ0) is 20.1. The molecule has 1 aromatic rings. The number of carbonyl (C=O) groups excluding carboxylic acids is 2. The van der Waals surface area contributed by atoms with E-state index in [4.69, 9.17) is 16.3 Å². The van der Waals surface area contributed by atoms with Gasteiger partial charge < -0.3 is 15.4 Å². The summed E-state index contributed by atoms with van der Waals surface area (Å²) in [7, 11) is 1.51. The van der Waals surface area contributed by atoms with E-state index in [0.29, 0.717) is 16.5 Å². The van der Waals surface area contributed by atoms with Gasteiger partial charge in [0.05, 0.1) is 12.8 Å². The van der Waals surface area contributed by atoms with Crippen LogP contribution in [0.4, 0.5) is 5.69 Å². The second-order valence-electron chi connectivity index (χ2n) is 9.23. The molecule has 4 bridgehead atoms. The third kappa shape index (κ3) is 3.49. The summed E-state index contributed by atoms with van der Waals surface area (Å²) in [5, 5.41) is 6.23. The second kappa shape index (κ2) is 7.25. The van der Waals surface area contributed by atoms with Crippen LogP contribution in [0.2, 0.25) is 5.02 Å². The Balaban J connectivity index is 1.43. The standard InChI is InChI=1S/C22H29ClN2O3/c1-12-4-18(19(28-3)8-17(12)23)25-21(27)20(26)24-13(2)22-9-14-5-15(10-22)7-16(6-14)11-22/h4,8,13-16H,5-7,9-11H2,1-3H3,(H,24,26)(H,25,27). The smallest absolute Gasteiger partial charge is 0.313 e. The third-order valence-electron chi connectivity index (χ3n) is 7.29. The first-order valence-electron chi connectivity index (χ1n) is 10.3. The first-order chi connectivity index (χ1) is 13.3. The molecule has 0 aromatic heterocycles. The Morgan fingerprint density at radius 1 is 1.11 bits per heavy atom. The number of halogens is 1. The first-order valence-corrected chi connectivity index (χ1v) is 10.6. The van der Waals surface area contributed by atoms with E-state index >= 15 is 0 Å². The quantitative estimate of drug-likeness (QED) is 0.734. The summed E-state index contributed by atoms with van der Waals surface area (Å²) in [6, 6.07) is 3.37. The molecule has 5 rings (SSSR count). The van der Waals surface area contributed by atoms with Crippen LogP contribution in [0.1, 0.15) is 51.0 Å². The van der Waals surface area contributed by atoms with Gasteiger partial charge >= 0.3 is 11.8 Å². The molecule has 152 valence electrons. The average molecular weight is 405 g/mol. The highest BCUT2D eigenvalue weighted by atomic mass is 35.5. The lowest BCUT2D eigenvalue weighted by Crippen LogP contribution is -2.57. The summed E-state index contributed by atoms with van der Waals surface area (Å²) in [4.78, 5) is 25.1. The maximum Gasteiger partial charge on any atom is 0.313 e. The van der Waals surface area contributed by atoms with Crippen molar-refractivity contribution in [3.05, 3.63) is 22.7 Å². The van der Waals surface area contributed by atoms with Gasteiger partial charge in [0.2, 0.25) is 0 Å². The monoisotopic (exact) mass is 404 g/mol. The van der Waals surface area contributed by atoms with Gasteiger partial charge in [-0.05, 0) is 87.2 Å². The van der Waals surface area contributed by atoms with Crippen molar-refractivity contribution >= 4 is 29.1 Å². The summed E-state index contributed by atoms with van der Waals surface area (Å²) < 4.78 is 5.28. The molecular weight excluding hydrogens is 376 g/mol. The summed E-state index contributed by atoms with van der Waals surface area (Å²) in [6.45, 7) is 3.91. The molecule has 4 fully saturated rings. The largest absolute Gasteiger partial charge is 0.495 e. The van der Waals surface area contributed by atoms with Crippen molar-refractivity contribution in [3.8, 4) is 5.75 Å². The molecular formula is C22H29ClN2O3. The van der Waals surface area contributed by atoms with E-state index < -0.39 is 11.8 Å². The molecule has 0 radical (unpaired) electrons. The minimum absolute atomic E-state index is 0.00741. The maximum atomic E-state index is 12.6. The Labute approximate surface area is 171 Å². The highest BCUT2D eigenvalue weighted by Crippen LogP contribution is 2.61. The summed E-state index contributed by atoms with van der Waals surface area (Å²) in [5.41, 5.74) is 1.42. The molecule has 28 heavy (non-hydrogen) atoms. The molecule has 1 unspecified atom stereocenters. The van der Waals surface area contributed by atoms with Gasteiger partial charge in [-0.1, -0.05) is 11.6 Å². The number of hydrogen-bond acceptors (Lipinski definition) is 3. The molecule has 4 aliphatic carbocycles. The molecule has 0 heterocycles. The van der Waals surface area contributed by atoms with Gasteiger partial charge in [0.25, 0.3) is 0 Å². The number of rotatable bonds is 4. The van der Waals surface area contributed by atoms with Crippen LogP contribution >= 0.6 is 11.6 Å². The van der Waals surface area contributed by atoms with E-state index in [1.165, 1.54) is 45.6 Å². The minimum atomic E-state index is -0.670. The molecule has 5 nitrogen and oxygen atoms in total. The van der Waals surface area contributed by atoms with Crippen LogP contribution in [-0.4, -0.2) is 25.0 Å². The van der Waals surface area contributed by atoms with Crippen molar-refractivity contribution in [2.45, 2.75) is 58.4 Å². The van der Waals surface area contributed by atoms with Crippen molar-refractivity contribution < 1.29 is 14.3 Å². The molecule has 0 aliphatic heterocycles. The number of methoxy groups -OCH3 is 1. The van der Waals surface area contributed by atoms with Gasteiger partial charge in [-0.25, -0.2) is 0 Å². The summed E-state index contributed by atoms with van der Waals surface area (Å²) >= 11 is 6.11. The van der Waals surface area contributed by atoms with Crippen LogP contribution < -0.4 is 15.4 Å². The number of amides is 2. The lowest BCUT2D eigenvalue weighted by molar-refractivity contribution is -0.138. The van der Waals surface area contributed by atoms with Crippen molar-refractivity contribution in [3.63, 3.8) is 0 Å². The van der Waals surface area contributed by atoms with Crippen LogP contribution in [0, 0.1) is 30.1 Å². The predicted octanol–water partition coefficient (Wildman–Crippen LogP) is 4.32. The molecule has 0 saturated heterocycles. The van der Waals surface area contributed by atoms with Crippen molar-refractivity contribution in [2.24, 2.45) is 23.2 Å². The molecule has 1 atom stereocenters. The Morgan fingerprint density at radius 2 is 1.68 bits per heavy atom. The van der Waals surface area contributed by atoms with Gasteiger partial charge in [-0.15, -0.1) is 0 Å². The Morgan fingerprint density at radius 3 is 2.21 bits per heavy atom. The Bertz CT molecular complexity index is 772. The molecule has 2 amide bonds. The number of carbonyl (C=O) groups is 2. The van der Waals surface area contributed by atoms with Gasteiger partial charge in [-0.2, -0.15) is 0 Å². The van der Waals surface area contributed by atoms with Crippen molar-refractivity contribution in [2.75, 3.05) is 12.4 Å². The first kappa shape index (κ1) is 19.6. The highest BCUT2D eigenvalue weighted by Gasteiger charge is 2.53. The topological polar surface area (TPSA) is 67.4 Å². The Hall–Kier alpha value is -1.75. The fourth-order valence-electron chi connectivity index (χ4n) is 6.23. The SMILES string of the molecule is COc1cc(Cl)c(C)cc1NC(=O)C(=O)NC(C)C12CC3CC(CC(C3)C1)C2. The lowest BCUT2D eigenvalue weighted by atomic mass is 9.48. The van der Waals surface area contributed by atoms with Crippen LogP contribution in [-0.2, 0) is 9.59 Å². The van der Waals surface area contributed by atoms with Gasteiger partial charge in [0.1, 0.15) is 5.75 Å². The fraction of sp³-hybridized carbons (Fsp3) is 0.636. The van der Waals surface area contributed by atoms with Gasteiger partial charge in [0, 0.05) is 17.1 Å². The van der Waals surface area contributed by atoms with Crippen LogP contribution in [0.3, 0.4) is 0 Å². The third-order valence-corrected chi connectivity index (χ3v) is 7.69. The Kier molecular flexibility index (Phi) is 5.07. The normalized spacial score (nSPS) is 31.4. The van der Waals surface area contributed by atoms with Crippen molar-refractivity contribution in [1.82, 2.24) is 5.32 Å². The molecule has 4 saturated carbocycles. The van der Waals surface area contributed by atoms with Crippen LogP contribution in [0.25, 0.3) is 0 Å². The predicted molar refractivity (Wildman–Crippen MR) is 110 cm³/mol. The summed E-state index contributed by atoms with van der Waals surface area (Å²) in [6.07, 6.45) is 7.63. The van der Waals surface area contributed by atoms with Crippen LogP contribution in [0.5, 0.6) is 5.75 Å². The van der Waals surface area contributed by atoms with E-state index in [-0.39, 0.29) is 11.5 Å². The van der Waals surface area contributed by atoms with Crippen molar-refractivity contribution in [1.29, 1.82) is 0 Å². The highest BCUT2D eigenvalue weighted by molar-refractivity contribution is 6.40. The number of nitrogens with one attached hydrogen (secondary N) is 2. The number of benzene rings is 1. The van der Waals surface area contributed by atoms with E-state index in [1.54, 1.807) is 12.1 Å². The minimum Gasteiger partial charge on any atom is -0.495 e. The molecule has 6 heteroatoms. The van der Waals surface area contributed by atoms with E-state index in [2.05, 4.69) is 17.6 Å². The number of ether oxygens (including phenoxy) is 1. The molecule has 1 aromatic carbocycles. The van der Waals surface area contributed by atoms with Gasteiger partial charge in [0.15, 0.2) is 0 Å². The lowest BCUT2D eigenvalue weighted by Gasteiger charge is -2.59. The zero-order valence-electron chi connectivity index (χ0n) is 16.8. The average Bonchev–Trinajstić information content (AvgIpc) is 2.63. The number of aryl methyl sites for hydroxylation is 1. The van der Waals surface area contributed by atoms with E-state index in [1.807, 2.05) is 6.92 Å². The summed E-state index contributed by atoms with van der Waals surface area (Å²) in [5.74, 6) is 1.60. The number of hydrogen-bond donors (Lipinski definition) is 2. The molecule has 2 N–H and O–H groups in total. The van der Waals surface area contributed by atoms with Gasteiger partial charge in [-0.3, -0.25) is 9.59 Å². The number of anilines is 1.